The van der Waals surface area contributed by atoms with Gasteiger partial charge in [-0.25, -0.2) is 9.07 Å². The number of anilines is 1. The topological polar surface area (TPSA) is 78.3 Å². The third-order valence-corrected chi connectivity index (χ3v) is 5.33. The van der Waals surface area contributed by atoms with Gasteiger partial charge in [-0.3, -0.25) is 4.79 Å². The Bertz CT molecular complexity index is 1160. The number of amides is 1. The molecule has 0 radical (unpaired) electrons. The quantitative estimate of drug-likeness (QED) is 0.369. The lowest BCUT2D eigenvalue weighted by atomic mass is 10.2. The number of ether oxygens (including phenoxy) is 2. The van der Waals surface area contributed by atoms with Crippen molar-refractivity contribution in [3.63, 3.8) is 0 Å². The van der Waals surface area contributed by atoms with Crippen LogP contribution in [0.5, 0.6) is 6.01 Å². The van der Waals surface area contributed by atoms with Crippen molar-refractivity contribution in [1.82, 2.24) is 14.8 Å². The number of nitrogens with zero attached hydrogens (tertiary/aromatic N) is 3. The molecule has 9 heteroatoms. The van der Waals surface area contributed by atoms with E-state index in [1.165, 1.54) is 24.3 Å². The molecule has 4 aromatic rings. The fraction of sp³-hybridized carbons (Fsp3) is 0.174. The van der Waals surface area contributed by atoms with E-state index >= 15 is 0 Å². The maximum Gasteiger partial charge on any atom is 0.336 e. The summed E-state index contributed by atoms with van der Waals surface area (Å²) in [4.78, 5) is 17.8. The maximum atomic E-state index is 13.1. The van der Waals surface area contributed by atoms with Crippen LogP contribution in [0.1, 0.15) is 17.3 Å². The summed E-state index contributed by atoms with van der Waals surface area (Å²) in [5.41, 5.74) is 1.75. The van der Waals surface area contributed by atoms with Gasteiger partial charge in [0, 0.05) is 17.9 Å². The highest BCUT2D eigenvalue weighted by atomic mass is 32.1. The van der Waals surface area contributed by atoms with Gasteiger partial charge in [0.05, 0.1) is 17.2 Å². The minimum Gasteiger partial charge on any atom is -0.460 e. The van der Waals surface area contributed by atoms with Gasteiger partial charge >= 0.3 is 6.01 Å². The Morgan fingerprint density at radius 2 is 1.88 bits per heavy atom. The smallest absolute Gasteiger partial charge is 0.336 e. The van der Waals surface area contributed by atoms with E-state index in [2.05, 4.69) is 15.4 Å². The first-order valence-corrected chi connectivity index (χ1v) is 10.9. The van der Waals surface area contributed by atoms with E-state index in [-0.39, 0.29) is 17.7 Å². The largest absolute Gasteiger partial charge is 0.460 e. The Balaban J connectivity index is 1.52. The van der Waals surface area contributed by atoms with Crippen molar-refractivity contribution in [2.24, 2.45) is 0 Å². The average molecular weight is 453 g/mol. The second kappa shape index (κ2) is 10.2. The summed E-state index contributed by atoms with van der Waals surface area (Å²) in [7, 11) is 0. The van der Waals surface area contributed by atoms with Crippen LogP contribution < -0.4 is 10.1 Å². The lowest BCUT2D eigenvalue weighted by Gasteiger charge is -2.08. The van der Waals surface area contributed by atoms with Gasteiger partial charge in [-0.2, -0.15) is 4.98 Å². The molecule has 32 heavy (non-hydrogen) atoms. The van der Waals surface area contributed by atoms with Gasteiger partial charge in [-0.05, 0) is 66.9 Å². The summed E-state index contributed by atoms with van der Waals surface area (Å²) in [6, 6.07) is 16.8. The van der Waals surface area contributed by atoms with Gasteiger partial charge in [-0.15, -0.1) is 16.4 Å². The molecule has 164 valence electrons. The minimum absolute atomic E-state index is 0.266. The number of hydrogen-bond acceptors (Lipinski definition) is 6. The van der Waals surface area contributed by atoms with Crippen LogP contribution in [-0.2, 0) is 4.74 Å². The molecule has 2 aromatic carbocycles. The highest BCUT2D eigenvalue weighted by molar-refractivity contribution is 7.13. The van der Waals surface area contributed by atoms with E-state index < -0.39 is 0 Å². The first-order chi connectivity index (χ1) is 15.6. The summed E-state index contributed by atoms with van der Waals surface area (Å²) in [6.07, 6.45) is 0. The van der Waals surface area contributed by atoms with E-state index in [0.29, 0.717) is 36.9 Å². The molecule has 0 spiro atoms. The molecule has 0 fully saturated rings. The fourth-order valence-electron chi connectivity index (χ4n) is 2.93. The van der Waals surface area contributed by atoms with E-state index in [1.54, 1.807) is 28.2 Å². The Morgan fingerprint density at radius 3 is 2.56 bits per heavy atom. The third kappa shape index (κ3) is 5.19. The lowest BCUT2D eigenvalue weighted by Crippen LogP contribution is -2.11. The van der Waals surface area contributed by atoms with Gasteiger partial charge in [0.1, 0.15) is 12.4 Å². The zero-order chi connectivity index (χ0) is 22.3. The van der Waals surface area contributed by atoms with Crippen LogP contribution >= 0.6 is 11.3 Å². The number of aromatic nitrogens is 3. The van der Waals surface area contributed by atoms with Crippen LogP contribution in [0.25, 0.3) is 16.4 Å². The van der Waals surface area contributed by atoms with Gasteiger partial charge in [0.25, 0.3) is 5.91 Å². The number of rotatable bonds is 9. The van der Waals surface area contributed by atoms with E-state index in [9.17, 15) is 9.18 Å². The molecule has 4 rings (SSSR count). The van der Waals surface area contributed by atoms with Crippen LogP contribution in [0.15, 0.2) is 66.0 Å². The molecule has 7 nitrogen and oxygen atoms in total. The highest BCUT2D eigenvalue weighted by Crippen LogP contribution is 2.27. The average Bonchev–Trinajstić information content (AvgIpc) is 3.48. The van der Waals surface area contributed by atoms with Gasteiger partial charge in [0.15, 0.2) is 5.82 Å². The predicted molar refractivity (Wildman–Crippen MR) is 121 cm³/mol. The van der Waals surface area contributed by atoms with Crippen molar-refractivity contribution in [3.05, 3.63) is 77.4 Å². The van der Waals surface area contributed by atoms with Crippen molar-refractivity contribution in [2.45, 2.75) is 6.92 Å². The van der Waals surface area contributed by atoms with Crippen LogP contribution in [0.4, 0.5) is 10.1 Å². The van der Waals surface area contributed by atoms with Crippen molar-refractivity contribution >= 4 is 22.9 Å². The van der Waals surface area contributed by atoms with Gasteiger partial charge in [0.2, 0.25) is 0 Å². The first-order valence-electron chi connectivity index (χ1n) is 10.0. The van der Waals surface area contributed by atoms with Crippen molar-refractivity contribution in [1.29, 1.82) is 0 Å². The fourth-order valence-corrected chi connectivity index (χ4v) is 3.62. The van der Waals surface area contributed by atoms with E-state index in [1.807, 2.05) is 36.6 Å². The summed E-state index contributed by atoms with van der Waals surface area (Å²) < 4.78 is 25.7. The van der Waals surface area contributed by atoms with Crippen molar-refractivity contribution in [3.8, 4) is 22.4 Å². The number of hydrogen-bond donors (Lipinski definition) is 1. The third-order valence-electron chi connectivity index (χ3n) is 4.47. The molecular weight excluding hydrogens is 431 g/mol. The Labute approximate surface area is 188 Å². The molecule has 0 bridgehead atoms. The summed E-state index contributed by atoms with van der Waals surface area (Å²) >= 11 is 1.55. The van der Waals surface area contributed by atoms with Crippen LogP contribution in [0, 0.1) is 5.82 Å². The standard InChI is InChI=1S/C23H21FN4O3S/c1-2-30-13-14-31-23-26-21(20-4-3-15-32-20)28(27-23)19-11-9-18(10-12-19)25-22(29)16-5-7-17(24)8-6-16/h3-12,15H,2,13-14H2,1H3,(H,25,29). The second-order valence-electron chi connectivity index (χ2n) is 6.66. The molecule has 1 N–H and O–H groups in total. The number of thiophene rings is 1. The zero-order valence-electron chi connectivity index (χ0n) is 17.3. The lowest BCUT2D eigenvalue weighted by molar-refractivity contribution is 0.102. The number of benzene rings is 2. The molecule has 0 saturated heterocycles. The summed E-state index contributed by atoms with van der Waals surface area (Å²) in [5, 5.41) is 9.26. The minimum atomic E-state index is -0.387. The molecule has 0 aliphatic carbocycles. The molecule has 2 heterocycles. The number of nitrogens with one attached hydrogen (secondary N) is 1. The molecule has 1 amide bonds. The first kappa shape index (κ1) is 21.7. The highest BCUT2D eigenvalue weighted by Gasteiger charge is 2.16. The van der Waals surface area contributed by atoms with Gasteiger partial charge < -0.3 is 14.8 Å². The summed E-state index contributed by atoms with van der Waals surface area (Å²) in [6.45, 7) is 3.36. The van der Waals surface area contributed by atoms with Gasteiger partial charge in [-0.1, -0.05) is 6.07 Å². The number of carbonyl (C=O) groups is 1. The molecular formula is C23H21FN4O3S. The van der Waals surface area contributed by atoms with Crippen molar-refractivity contribution < 1.29 is 18.7 Å². The van der Waals surface area contributed by atoms with Crippen LogP contribution in [0.2, 0.25) is 0 Å². The SMILES string of the molecule is CCOCCOc1nc(-c2cccs2)n(-c2ccc(NC(=O)c3ccc(F)cc3)cc2)n1. The molecule has 0 atom stereocenters. The monoisotopic (exact) mass is 452 g/mol. The van der Waals surface area contributed by atoms with Crippen LogP contribution in [-0.4, -0.2) is 40.5 Å². The molecule has 0 aliphatic heterocycles. The van der Waals surface area contributed by atoms with E-state index in [4.69, 9.17) is 9.47 Å². The zero-order valence-corrected chi connectivity index (χ0v) is 18.1. The molecule has 2 aromatic heterocycles. The molecule has 0 saturated carbocycles. The Morgan fingerprint density at radius 1 is 1.09 bits per heavy atom. The summed E-state index contributed by atoms with van der Waals surface area (Å²) in [5.74, 6) is -0.0428. The normalized spacial score (nSPS) is 10.8. The maximum absolute atomic E-state index is 13.1. The molecule has 0 unspecified atom stereocenters. The Hall–Kier alpha value is -3.56. The van der Waals surface area contributed by atoms with E-state index in [0.717, 1.165) is 10.6 Å². The van der Waals surface area contributed by atoms with Crippen molar-refractivity contribution in [2.75, 3.05) is 25.1 Å². The second-order valence-corrected chi connectivity index (χ2v) is 7.61. The Kier molecular flexibility index (Phi) is 6.88. The predicted octanol–water partition coefficient (Wildman–Crippen LogP) is 4.80. The number of carbonyl (C=O) groups excluding carboxylic acids is 1. The van der Waals surface area contributed by atoms with Crippen LogP contribution in [0.3, 0.4) is 0 Å². The molecule has 0 aliphatic rings. The number of halogens is 1.